The van der Waals surface area contributed by atoms with Gasteiger partial charge in [0.15, 0.2) is 0 Å². The van der Waals surface area contributed by atoms with Crippen LogP contribution in [-0.4, -0.2) is 29.4 Å². The maximum atomic E-state index is 11.4. The normalized spacial score (nSPS) is 17.4. The molecule has 120 valence electrons. The van der Waals surface area contributed by atoms with Crippen LogP contribution >= 0.6 is 11.6 Å². The quantitative estimate of drug-likeness (QED) is 0.679. The fourth-order valence-corrected chi connectivity index (χ4v) is 2.01. The summed E-state index contributed by atoms with van der Waals surface area (Å²) in [5.74, 6) is 0.0224. The molecule has 0 saturated heterocycles. The van der Waals surface area contributed by atoms with Gasteiger partial charge in [-0.15, -0.1) is 11.6 Å². The third-order valence-electron chi connectivity index (χ3n) is 2.31. The number of hydrogen-bond donors (Lipinski definition) is 0. The van der Waals surface area contributed by atoms with Crippen LogP contribution in [0.5, 0.6) is 5.75 Å². The number of halogens is 1. The fourth-order valence-electron chi connectivity index (χ4n) is 1.24. The molecule has 0 radical (unpaired) electrons. The largest absolute Gasteiger partial charge is 0.491 e. The highest BCUT2D eigenvalue weighted by atomic mass is 35.5. The molecule has 0 amide bonds. The molecule has 2 unspecified atom stereocenters. The van der Waals surface area contributed by atoms with Crippen LogP contribution in [0.25, 0.3) is 0 Å². The molecular weight excluding hydrogens is 312 g/mol. The Morgan fingerprint density at radius 1 is 1.33 bits per heavy atom. The van der Waals surface area contributed by atoms with Crippen molar-refractivity contribution < 1.29 is 22.8 Å². The molecule has 0 aliphatic rings. The van der Waals surface area contributed by atoms with E-state index in [-0.39, 0.29) is 49.0 Å². The number of rotatable bonds is 8. The van der Waals surface area contributed by atoms with Crippen LogP contribution < -0.4 is 4.74 Å². The van der Waals surface area contributed by atoms with Gasteiger partial charge in [-0.25, -0.2) is 0 Å². The number of alkyl halides is 1. The fraction of sp³-hybridized carbons (Fsp3) is 0.600. The maximum Gasteiger partial charge on any atom is 0.305 e. The van der Waals surface area contributed by atoms with Crippen LogP contribution in [0.3, 0.4) is 0 Å². The molecule has 0 fully saturated rings. The molecule has 0 bridgehead atoms. The monoisotopic (exact) mass is 338 g/mol. The van der Waals surface area contributed by atoms with Crippen LogP contribution in [-0.2, 0) is 25.1 Å². The highest BCUT2D eigenvalue weighted by molar-refractivity contribution is 7.75. The zero-order chi connectivity index (χ0) is 19.4. The minimum Gasteiger partial charge on any atom is -0.491 e. The number of ether oxygens (including phenoxy) is 1. The molecule has 0 aliphatic carbocycles. The van der Waals surface area contributed by atoms with Gasteiger partial charge in [-0.05, 0) is 30.0 Å². The summed E-state index contributed by atoms with van der Waals surface area (Å²) < 4.78 is 59.1. The summed E-state index contributed by atoms with van der Waals surface area (Å²) >= 11 is 3.44. The van der Waals surface area contributed by atoms with E-state index < -0.39 is 22.9 Å². The zero-order valence-electron chi connectivity index (χ0n) is 16.6. The predicted molar refractivity (Wildman–Crippen MR) is 86.0 cm³/mol. The van der Waals surface area contributed by atoms with E-state index in [0.29, 0.717) is 5.56 Å². The first kappa shape index (κ1) is 12.9. The Morgan fingerprint density at radius 3 is 2.48 bits per heavy atom. The molecule has 6 heteroatoms. The highest BCUT2D eigenvalue weighted by Crippen LogP contribution is 2.24. The molecule has 2 atom stereocenters. The van der Waals surface area contributed by atoms with Crippen molar-refractivity contribution in [1.82, 2.24) is 0 Å². The van der Waals surface area contributed by atoms with Crippen molar-refractivity contribution >= 4 is 23.0 Å². The molecule has 4 nitrogen and oxygen atoms in total. The first-order valence-corrected chi connectivity index (χ1v) is 8.05. The van der Waals surface area contributed by atoms with Crippen molar-refractivity contribution in [3.63, 3.8) is 0 Å². The summed E-state index contributed by atoms with van der Waals surface area (Å²) in [6, 6.07) is -0.771. The summed E-state index contributed by atoms with van der Waals surface area (Å²) in [5.41, 5.74) is -0.208. The van der Waals surface area contributed by atoms with E-state index in [1.807, 2.05) is 20.8 Å². The van der Waals surface area contributed by atoms with Crippen LogP contribution in [0.15, 0.2) is 24.2 Å². The van der Waals surface area contributed by atoms with E-state index in [2.05, 4.69) is 0 Å². The van der Waals surface area contributed by atoms with Crippen LogP contribution in [0.2, 0.25) is 0 Å². The van der Waals surface area contributed by atoms with Gasteiger partial charge in [0.25, 0.3) is 0 Å². The Hall–Kier alpha value is -0.620. The van der Waals surface area contributed by atoms with Gasteiger partial charge in [-0.2, -0.15) is 4.21 Å². The summed E-state index contributed by atoms with van der Waals surface area (Å²) in [6.07, 6.45) is -0.652. The van der Waals surface area contributed by atoms with Gasteiger partial charge >= 0.3 is 11.4 Å². The van der Waals surface area contributed by atoms with E-state index in [9.17, 15) is 4.21 Å². The van der Waals surface area contributed by atoms with Crippen molar-refractivity contribution in [1.29, 1.82) is 0 Å². The van der Waals surface area contributed by atoms with E-state index >= 15 is 0 Å². The van der Waals surface area contributed by atoms with Gasteiger partial charge in [-0.1, -0.05) is 32.9 Å². The molecule has 0 aliphatic heterocycles. The van der Waals surface area contributed by atoms with Gasteiger partial charge < -0.3 is 4.74 Å². The van der Waals surface area contributed by atoms with Crippen LogP contribution in [0, 0.1) is 0 Å². The molecular formula is C15H23ClO4S. The standard InChI is InChI=1S/C15H23ClO4S/c1-12(20-21(17)19-10-9-16)11-18-14-7-5-13(6-8-14)15(2,3)4/h5-8,12H,9-11H2,1-4H3/i5D,6D,7D,8D. The van der Waals surface area contributed by atoms with Crippen molar-refractivity contribution in [2.75, 3.05) is 19.1 Å². The van der Waals surface area contributed by atoms with E-state index in [0.717, 1.165) is 0 Å². The summed E-state index contributed by atoms with van der Waals surface area (Å²) in [4.78, 5) is 0. The average molecular weight is 339 g/mol. The molecule has 0 spiro atoms. The maximum absolute atomic E-state index is 11.4. The Bertz CT molecular complexity index is 608. The Balaban J connectivity index is 2.92. The second-order valence-electron chi connectivity index (χ2n) is 5.39. The van der Waals surface area contributed by atoms with Crippen LogP contribution in [0.4, 0.5) is 0 Å². The SMILES string of the molecule is [2H]c1c([2H])c(C(C)(C)C)c([2H])c([2H])c1OCC(C)OS(=O)OCCCl. The molecule has 0 aromatic heterocycles. The first-order valence-electron chi connectivity index (χ1n) is 8.52. The predicted octanol–water partition coefficient (Wildman–Crippen LogP) is 3.60. The third-order valence-corrected chi connectivity index (χ3v) is 3.31. The van der Waals surface area contributed by atoms with Crippen molar-refractivity contribution in [3.05, 3.63) is 29.7 Å². The Kier molecular flexibility index (Phi) is 5.36. The van der Waals surface area contributed by atoms with E-state index in [4.69, 9.17) is 30.2 Å². The summed E-state index contributed by atoms with van der Waals surface area (Å²) in [5, 5.41) is 0. The lowest BCUT2D eigenvalue weighted by Crippen LogP contribution is -2.20. The first-order chi connectivity index (χ1) is 11.5. The Morgan fingerprint density at radius 2 is 1.95 bits per heavy atom. The van der Waals surface area contributed by atoms with Gasteiger partial charge in [0, 0.05) is 5.88 Å². The highest BCUT2D eigenvalue weighted by Gasteiger charge is 2.14. The van der Waals surface area contributed by atoms with Gasteiger partial charge in [0.2, 0.25) is 0 Å². The van der Waals surface area contributed by atoms with Crippen molar-refractivity contribution in [2.45, 2.75) is 39.2 Å². The van der Waals surface area contributed by atoms with Crippen molar-refractivity contribution in [2.24, 2.45) is 0 Å². The Labute approximate surface area is 140 Å². The second kappa shape index (κ2) is 8.73. The molecule has 21 heavy (non-hydrogen) atoms. The lowest BCUT2D eigenvalue weighted by molar-refractivity contribution is 0.137. The number of hydrogen-bond acceptors (Lipinski definition) is 4. The molecule has 0 saturated carbocycles. The lowest BCUT2D eigenvalue weighted by Gasteiger charge is -2.19. The molecule has 0 heterocycles. The summed E-state index contributed by atoms with van der Waals surface area (Å²) in [6.45, 7) is 7.02. The van der Waals surface area contributed by atoms with E-state index in [1.165, 1.54) is 0 Å². The van der Waals surface area contributed by atoms with E-state index in [1.54, 1.807) is 6.92 Å². The molecule has 1 aromatic carbocycles. The average Bonchev–Trinajstić information content (AvgIpc) is 2.49. The van der Waals surface area contributed by atoms with Crippen molar-refractivity contribution in [3.8, 4) is 5.75 Å². The van der Waals surface area contributed by atoms with Crippen LogP contribution in [0.1, 0.15) is 38.7 Å². The molecule has 0 N–H and O–H groups in total. The summed E-state index contributed by atoms with van der Waals surface area (Å²) in [7, 11) is 0. The minimum absolute atomic E-state index is 0.0775. The second-order valence-corrected chi connectivity index (χ2v) is 6.60. The molecule has 1 rings (SSSR count). The minimum atomic E-state index is -1.98. The molecule has 1 aromatic rings. The zero-order valence-corrected chi connectivity index (χ0v) is 14.2. The van der Waals surface area contributed by atoms with Gasteiger partial charge in [-0.3, -0.25) is 8.37 Å². The topological polar surface area (TPSA) is 44.8 Å². The third kappa shape index (κ3) is 7.27. The van der Waals surface area contributed by atoms with Gasteiger partial charge in [0.05, 0.1) is 12.1 Å². The van der Waals surface area contributed by atoms with Gasteiger partial charge in [0.1, 0.15) is 18.5 Å². The number of benzene rings is 1. The smallest absolute Gasteiger partial charge is 0.305 e. The lowest BCUT2D eigenvalue weighted by atomic mass is 9.87.